The van der Waals surface area contributed by atoms with Crippen molar-refractivity contribution in [2.45, 2.75) is 63.3 Å². The number of fused-ring (bicyclic) bond motifs is 1. The molecule has 0 spiro atoms. The molecule has 1 saturated carbocycles. The lowest BCUT2D eigenvalue weighted by molar-refractivity contribution is 0.371. The van der Waals surface area contributed by atoms with Crippen molar-refractivity contribution in [1.29, 1.82) is 0 Å². The predicted molar refractivity (Wildman–Crippen MR) is 93.1 cm³/mol. The van der Waals surface area contributed by atoms with Gasteiger partial charge < -0.3 is 4.57 Å². The van der Waals surface area contributed by atoms with Gasteiger partial charge in [0.2, 0.25) is 0 Å². The van der Waals surface area contributed by atoms with Gasteiger partial charge in [-0.15, -0.1) is 11.6 Å². The molecule has 0 aliphatic heterocycles. The quantitative estimate of drug-likeness (QED) is 0.561. The van der Waals surface area contributed by atoms with Crippen LogP contribution in [-0.2, 0) is 0 Å². The van der Waals surface area contributed by atoms with E-state index < -0.39 is 0 Å². The van der Waals surface area contributed by atoms with Crippen LogP contribution in [0.3, 0.4) is 0 Å². The first kappa shape index (κ1) is 15.4. The second-order valence-electron chi connectivity index (χ2n) is 6.09. The molecule has 114 valence electrons. The lowest BCUT2D eigenvalue weighted by atomic mass is 9.96. The molecule has 1 aliphatic carbocycles. The van der Waals surface area contributed by atoms with Gasteiger partial charge in [-0.3, -0.25) is 0 Å². The molecule has 0 radical (unpaired) electrons. The normalized spacial score (nSPS) is 19.4. The maximum Gasteiger partial charge on any atom is 0.127 e. The zero-order chi connectivity index (χ0) is 14.8. The topological polar surface area (TPSA) is 17.8 Å². The van der Waals surface area contributed by atoms with Crippen LogP contribution < -0.4 is 0 Å². The molecule has 1 fully saturated rings. The summed E-state index contributed by atoms with van der Waals surface area (Å²) in [6, 6.07) is 6.92. The van der Waals surface area contributed by atoms with Crippen LogP contribution in [0.5, 0.6) is 0 Å². The first-order chi connectivity index (χ1) is 10.2. The Morgan fingerprint density at radius 1 is 1.19 bits per heavy atom. The van der Waals surface area contributed by atoms with Crippen molar-refractivity contribution in [3.8, 4) is 0 Å². The van der Waals surface area contributed by atoms with Gasteiger partial charge in [0.1, 0.15) is 5.82 Å². The molecule has 1 heterocycles. The number of hydrogen-bond donors (Lipinski definition) is 0. The Hall–Kier alpha value is -0.540. The maximum atomic E-state index is 6.42. The standard InChI is InChI=1S/C17H22BrClN2/c1-12(19)17-20-15-11-13(18)9-10-16(15)21(17)14-7-5-3-2-4-6-8-14/h9-12,14H,2-8H2,1H3. The molecular weight excluding hydrogens is 348 g/mol. The molecule has 2 aromatic rings. The minimum absolute atomic E-state index is 0.0541. The summed E-state index contributed by atoms with van der Waals surface area (Å²) in [5.41, 5.74) is 2.28. The number of imidazole rings is 1. The van der Waals surface area contributed by atoms with E-state index >= 15 is 0 Å². The minimum Gasteiger partial charge on any atom is -0.324 e. The molecule has 1 aromatic heterocycles. The number of aromatic nitrogens is 2. The highest BCUT2D eigenvalue weighted by Crippen LogP contribution is 2.35. The van der Waals surface area contributed by atoms with E-state index in [-0.39, 0.29) is 5.38 Å². The van der Waals surface area contributed by atoms with Crippen LogP contribution in [0.15, 0.2) is 22.7 Å². The van der Waals surface area contributed by atoms with Gasteiger partial charge in [-0.2, -0.15) is 0 Å². The smallest absolute Gasteiger partial charge is 0.127 e. The zero-order valence-electron chi connectivity index (χ0n) is 12.5. The summed E-state index contributed by atoms with van der Waals surface area (Å²) in [5, 5.41) is -0.0541. The molecule has 0 bridgehead atoms. The highest BCUT2D eigenvalue weighted by Gasteiger charge is 2.22. The van der Waals surface area contributed by atoms with Crippen LogP contribution in [0.2, 0.25) is 0 Å². The Morgan fingerprint density at radius 2 is 1.86 bits per heavy atom. The zero-order valence-corrected chi connectivity index (χ0v) is 14.8. The molecule has 3 rings (SSSR count). The van der Waals surface area contributed by atoms with Crippen molar-refractivity contribution in [3.63, 3.8) is 0 Å². The summed E-state index contributed by atoms with van der Waals surface area (Å²) < 4.78 is 3.50. The molecule has 1 atom stereocenters. The average Bonchev–Trinajstić information content (AvgIpc) is 2.77. The number of rotatable bonds is 2. The molecule has 0 amide bonds. The van der Waals surface area contributed by atoms with Crippen molar-refractivity contribution >= 4 is 38.6 Å². The van der Waals surface area contributed by atoms with Gasteiger partial charge in [0.15, 0.2) is 0 Å². The van der Waals surface area contributed by atoms with Crippen molar-refractivity contribution < 1.29 is 0 Å². The fourth-order valence-corrected chi connectivity index (χ4v) is 3.95. The van der Waals surface area contributed by atoms with Gasteiger partial charge >= 0.3 is 0 Å². The van der Waals surface area contributed by atoms with E-state index in [0.29, 0.717) is 6.04 Å². The van der Waals surface area contributed by atoms with E-state index in [0.717, 1.165) is 15.8 Å². The van der Waals surface area contributed by atoms with Crippen LogP contribution in [0.1, 0.15) is 69.1 Å². The number of hydrogen-bond acceptors (Lipinski definition) is 1. The van der Waals surface area contributed by atoms with E-state index in [9.17, 15) is 0 Å². The van der Waals surface area contributed by atoms with Gasteiger partial charge in [-0.1, -0.05) is 48.0 Å². The third-order valence-corrected chi connectivity index (χ3v) is 5.16. The van der Waals surface area contributed by atoms with Crippen LogP contribution in [0.25, 0.3) is 11.0 Å². The SMILES string of the molecule is CC(Cl)c1nc2cc(Br)ccc2n1C1CCCCCCC1. The summed E-state index contributed by atoms with van der Waals surface area (Å²) in [5.74, 6) is 1.02. The Balaban J connectivity index is 2.07. The number of benzene rings is 1. The number of halogens is 2. The van der Waals surface area contributed by atoms with Crippen molar-refractivity contribution in [2.75, 3.05) is 0 Å². The van der Waals surface area contributed by atoms with Crippen molar-refractivity contribution in [2.24, 2.45) is 0 Å². The molecule has 21 heavy (non-hydrogen) atoms. The summed E-state index contributed by atoms with van der Waals surface area (Å²) >= 11 is 9.96. The third-order valence-electron chi connectivity index (χ3n) is 4.47. The van der Waals surface area contributed by atoms with E-state index in [4.69, 9.17) is 16.6 Å². The molecule has 1 unspecified atom stereocenters. The van der Waals surface area contributed by atoms with Crippen LogP contribution >= 0.6 is 27.5 Å². The fraction of sp³-hybridized carbons (Fsp3) is 0.588. The number of nitrogens with zero attached hydrogens (tertiary/aromatic N) is 2. The van der Waals surface area contributed by atoms with E-state index in [1.165, 1.54) is 50.5 Å². The Bertz CT molecular complexity index is 613. The van der Waals surface area contributed by atoms with Gasteiger partial charge in [0, 0.05) is 10.5 Å². The van der Waals surface area contributed by atoms with E-state index in [1.54, 1.807) is 0 Å². The molecule has 1 aliphatic rings. The van der Waals surface area contributed by atoms with Gasteiger partial charge in [-0.05, 0) is 38.0 Å². The van der Waals surface area contributed by atoms with Crippen molar-refractivity contribution in [3.05, 3.63) is 28.5 Å². The van der Waals surface area contributed by atoms with Crippen LogP contribution in [-0.4, -0.2) is 9.55 Å². The molecule has 0 saturated heterocycles. The van der Waals surface area contributed by atoms with Crippen molar-refractivity contribution in [1.82, 2.24) is 9.55 Å². The monoisotopic (exact) mass is 368 g/mol. The summed E-state index contributed by atoms with van der Waals surface area (Å²) in [6.45, 7) is 2.03. The highest BCUT2D eigenvalue weighted by atomic mass is 79.9. The lowest BCUT2D eigenvalue weighted by Crippen LogP contribution is -2.14. The number of alkyl halides is 1. The molecule has 1 aromatic carbocycles. The maximum absolute atomic E-state index is 6.42. The van der Waals surface area contributed by atoms with Crippen LogP contribution in [0.4, 0.5) is 0 Å². The molecule has 4 heteroatoms. The van der Waals surface area contributed by atoms with E-state index in [2.05, 4.69) is 38.7 Å². The lowest BCUT2D eigenvalue weighted by Gasteiger charge is -2.24. The van der Waals surface area contributed by atoms with Gasteiger partial charge in [0.05, 0.1) is 16.4 Å². The Morgan fingerprint density at radius 3 is 2.52 bits per heavy atom. The summed E-state index contributed by atoms with van der Waals surface area (Å²) in [6.07, 6.45) is 9.24. The second-order valence-corrected chi connectivity index (χ2v) is 7.66. The first-order valence-corrected chi connectivity index (χ1v) is 9.21. The molecular formula is C17H22BrClN2. The molecule has 0 N–H and O–H groups in total. The fourth-order valence-electron chi connectivity index (χ4n) is 3.45. The van der Waals surface area contributed by atoms with Crippen LogP contribution in [0, 0.1) is 0 Å². The molecule has 2 nitrogen and oxygen atoms in total. The van der Waals surface area contributed by atoms with E-state index in [1.807, 2.05) is 6.92 Å². The minimum atomic E-state index is -0.0541. The Labute approximate surface area is 140 Å². The largest absolute Gasteiger partial charge is 0.324 e. The first-order valence-electron chi connectivity index (χ1n) is 7.98. The van der Waals surface area contributed by atoms with Gasteiger partial charge in [-0.25, -0.2) is 4.98 Å². The average molecular weight is 370 g/mol. The summed E-state index contributed by atoms with van der Waals surface area (Å²) in [7, 11) is 0. The van der Waals surface area contributed by atoms with Gasteiger partial charge in [0.25, 0.3) is 0 Å². The summed E-state index contributed by atoms with van der Waals surface area (Å²) in [4.78, 5) is 4.80. The second kappa shape index (κ2) is 6.70. The predicted octanol–water partition coefficient (Wildman–Crippen LogP) is 6.38. The Kier molecular flexibility index (Phi) is 4.90. The third kappa shape index (κ3) is 3.29. The highest BCUT2D eigenvalue weighted by molar-refractivity contribution is 9.10.